The van der Waals surface area contributed by atoms with Crippen LogP contribution >= 0.6 is 0 Å². The lowest BCUT2D eigenvalue weighted by molar-refractivity contribution is 0.0996. The molecule has 1 amide bonds. The highest BCUT2D eigenvalue weighted by Crippen LogP contribution is 2.19. The Kier molecular flexibility index (Phi) is 4.45. The summed E-state index contributed by atoms with van der Waals surface area (Å²) in [7, 11) is 0. The molecule has 0 atom stereocenters. The zero-order valence-electron chi connectivity index (χ0n) is 12.1. The number of hydrogen-bond acceptors (Lipinski definition) is 3. The van der Waals surface area contributed by atoms with Gasteiger partial charge in [-0.15, -0.1) is 0 Å². The number of carbonyl (C=O) groups is 1. The molecule has 0 aliphatic rings. The van der Waals surface area contributed by atoms with E-state index in [1.807, 2.05) is 31.2 Å². The molecule has 106 valence electrons. The lowest BCUT2D eigenvalue weighted by atomic mass is 10.2. The van der Waals surface area contributed by atoms with Crippen molar-refractivity contribution in [1.29, 1.82) is 0 Å². The third kappa shape index (κ3) is 3.02. The molecule has 4 heteroatoms. The summed E-state index contributed by atoms with van der Waals surface area (Å²) in [6, 6.07) is 9.61. The van der Waals surface area contributed by atoms with Crippen molar-refractivity contribution in [3.63, 3.8) is 0 Å². The zero-order chi connectivity index (χ0) is 14.5. The second kappa shape index (κ2) is 6.28. The van der Waals surface area contributed by atoms with Gasteiger partial charge in [0.25, 0.3) is 5.91 Å². The van der Waals surface area contributed by atoms with Crippen LogP contribution in [-0.4, -0.2) is 19.0 Å². The predicted octanol–water partition coefficient (Wildman–Crippen LogP) is 3.69. The van der Waals surface area contributed by atoms with Crippen molar-refractivity contribution in [2.75, 3.05) is 23.3 Å². The Bertz CT molecular complexity index is 568. The summed E-state index contributed by atoms with van der Waals surface area (Å²) >= 11 is 0. The molecule has 0 spiro atoms. The highest BCUT2D eigenvalue weighted by Gasteiger charge is 2.12. The van der Waals surface area contributed by atoms with Gasteiger partial charge in [-0.1, -0.05) is 0 Å². The first-order valence-electron chi connectivity index (χ1n) is 6.86. The van der Waals surface area contributed by atoms with Crippen molar-refractivity contribution in [2.24, 2.45) is 0 Å². The fourth-order valence-corrected chi connectivity index (χ4v) is 2.14. The maximum absolute atomic E-state index is 12.0. The number of anilines is 2. The molecule has 1 aromatic heterocycles. The van der Waals surface area contributed by atoms with Crippen LogP contribution in [0.15, 0.2) is 41.0 Å². The van der Waals surface area contributed by atoms with E-state index in [0.717, 1.165) is 30.0 Å². The van der Waals surface area contributed by atoms with Gasteiger partial charge in [0.2, 0.25) is 0 Å². The SMILES string of the molecule is CCN(CC)c1ccc(NC(=O)c2occc2C)cc1. The largest absolute Gasteiger partial charge is 0.459 e. The molecule has 0 aliphatic heterocycles. The third-order valence-corrected chi connectivity index (χ3v) is 3.32. The van der Waals surface area contributed by atoms with E-state index in [1.165, 1.54) is 6.26 Å². The normalized spacial score (nSPS) is 10.3. The Hall–Kier alpha value is -2.23. The van der Waals surface area contributed by atoms with Gasteiger partial charge in [-0.2, -0.15) is 0 Å². The van der Waals surface area contributed by atoms with Crippen molar-refractivity contribution in [3.05, 3.63) is 47.9 Å². The van der Waals surface area contributed by atoms with Gasteiger partial charge in [-0.05, 0) is 51.1 Å². The first-order chi connectivity index (χ1) is 9.65. The number of furan rings is 1. The maximum Gasteiger partial charge on any atom is 0.291 e. The van der Waals surface area contributed by atoms with Crippen LogP contribution in [0.1, 0.15) is 30.0 Å². The fourth-order valence-electron chi connectivity index (χ4n) is 2.14. The van der Waals surface area contributed by atoms with Gasteiger partial charge in [-0.25, -0.2) is 0 Å². The molecule has 1 N–H and O–H groups in total. The molecule has 1 heterocycles. The predicted molar refractivity (Wildman–Crippen MR) is 81.4 cm³/mol. The van der Waals surface area contributed by atoms with E-state index in [2.05, 4.69) is 24.1 Å². The van der Waals surface area contributed by atoms with Gasteiger partial charge in [0.15, 0.2) is 5.76 Å². The number of rotatable bonds is 5. The topological polar surface area (TPSA) is 45.5 Å². The summed E-state index contributed by atoms with van der Waals surface area (Å²) in [5.41, 5.74) is 2.76. The molecule has 0 fully saturated rings. The van der Waals surface area contributed by atoms with E-state index in [0.29, 0.717) is 5.76 Å². The maximum atomic E-state index is 12.0. The van der Waals surface area contributed by atoms with Gasteiger partial charge in [-0.3, -0.25) is 4.79 Å². The highest BCUT2D eigenvalue weighted by atomic mass is 16.3. The van der Waals surface area contributed by atoms with Crippen molar-refractivity contribution in [1.82, 2.24) is 0 Å². The summed E-state index contributed by atoms with van der Waals surface area (Å²) < 4.78 is 5.17. The summed E-state index contributed by atoms with van der Waals surface area (Å²) in [5, 5.41) is 2.84. The van der Waals surface area contributed by atoms with Crippen LogP contribution in [0.5, 0.6) is 0 Å². The standard InChI is InChI=1S/C16H20N2O2/c1-4-18(5-2)14-8-6-13(7-9-14)17-16(19)15-12(3)10-11-20-15/h6-11H,4-5H2,1-3H3,(H,17,19). The van der Waals surface area contributed by atoms with Crippen molar-refractivity contribution in [2.45, 2.75) is 20.8 Å². The van der Waals surface area contributed by atoms with E-state index < -0.39 is 0 Å². The first kappa shape index (κ1) is 14.2. The van der Waals surface area contributed by atoms with E-state index in [4.69, 9.17) is 4.42 Å². The molecular formula is C16H20N2O2. The number of amides is 1. The Balaban J connectivity index is 2.08. The van der Waals surface area contributed by atoms with Crippen molar-refractivity contribution < 1.29 is 9.21 Å². The number of benzene rings is 1. The molecule has 2 rings (SSSR count). The average molecular weight is 272 g/mol. The molecule has 0 saturated carbocycles. The van der Waals surface area contributed by atoms with Gasteiger partial charge >= 0.3 is 0 Å². The minimum absolute atomic E-state index is 0.219. The van der Waals surface area contributed by atoms with E-state index in [1.54, 1.807) is 6.07 Å². The van der Waals surface area contributed by atoms with Gasteiger partial charge in [0.1, 0.15) is 0 Å². The van der Waals surface area contributed by atoms with Gasteiger partial charge in [0.05, 0.1) is 6.26 Å². The second-order valence-corrected chi connectivity index (χ2v) is 4.61. The van der Waals surface area contributed by atoms with Gasteiger partial charge < -0.3 is 14.6 Å². The molecular weight excluding hydrogens is 252 g/mol. The summed E-state index contributed by atoms with van der Waals surface area (Å²) in [4.78, 5) is 14.3. The Morgan fingerprint density at radius 2 is 1.80 bits per heavy atom. The molecule has 0 saturated heterocycles. The highest BCUT2D eigenvalue weighted by molar-refractivity contribution is 6.03. The van der Waals surface area contributed by atoms with Crippen molar-refractivity contribution >= 4 is 17.3 Å². The number of nitrogens with one attached hydrogen (secondary N) is 1. The van der Waals surface area contributed by atoms with Crippen LogP contribution in [0.4, 0.5) is 11.4 Å². The summed E-state index contributed by atoms with van der Waals surface area (Å²) in [6.07, 6.45) is 1.52. The summed E-state index contributed by atoms with van der Waals surface area (Å²) in [5.74, 6) is 0.140. The average Bonchev–Trinajstić information content (AvgIpc) is 2.88. The van der Waals surface area contributed by atoms with Crippen LogP contribution in [0.2, 0.25) is 0 Å². The molecule has 1 aromatic carbocycles. The fraction of sp³-hybridized carbons (Fsp3) is 0.312. The van der Waals surface area contributed by atoms with E-state index >= 15 is 0 Å². The molecule has 0 radical (unpaired) electrons. The number of nitrogens with zero attached hydrogens (tertiary/aromatic N) is 1. The first-order valence-corrected chi connectivity index (χ1v) is 6.86. The molecule has 0 aliphatic carbocycles. The lowest BCUT2D eigenvalue weighted by Crippen LogP contribution is -2.21. The quantitative estimate of drug-likeness (QED) is 0.903. The minimum atomic E-state index is -0.219. The third-order valence-electron chi connectivity index (χ3n) is 3.32. The van der Waals surface area contributed by atoms with E-state index in [9.17, 15) is 4.79 Å². The van der Waals surface area contributed by atoms with Gasteiger partial charge in [0, 0.05) is 30.0 Å². The zero-order valence-corrected chi connectivity index (χ0v) is 12.1. The molecule has 2 aromatic rings. The van der Waals surface area contributed by atoms with Crippen LogP contribution in [0.3, 0.4) is 0 Å². The number of aryl methyl sites for hydroxylation is 1. The van der Waals surface area contributed by atoms with Crippen LogP contribution < -0.4 is 10.2 Å². The molecule has 0 bridgehead atoms. The second-order valence-electron chi connectivity index (χ2n) is 4.61. The van der Waals surface area contributed by atoms with Crippen LogP contribution in [-0.2, 0) is 0 Å². The Morgan fingerprint density at radius 1 is 1.15 bits per heavy atom. The minimum Gasteiger partial charge on any atom is -0.459 e. The molecule has 4 nitrogen and oxygen atoms in total. The molecule has 0 unspecified atom stereocenters. The van der Waals surface area contributed by atoms with Crippen LogP contribution in [0.25, 0.3) is 0 Å². The molecule has 20 heavy (non-hydrogen) atoms. The number of carbonyl (C=O) groups excluding carboxylic acids is 1. The van der Waals surface area contributed by atoms with Crippen molar-refractivity contribution in [3.8, 4) is 0 Å². The Labute approximate surface area is 119 Å². The Morgan fingerprint density at radius 3 is 2.30 bits per heavy atom. The smallest absolute Gasteiger partial charge is 0.291 e. The monoisotopic (exact) mass is 272 g/mol. The number of hydrogen-bond donors (Lipinski definition) is 1. The van der Waals surface area contributed by atoms with Crippen LogP contribution in [0, 0.1) is 6.92 Å². The lowest BCUT2D eigenvalue weighted by Gasteiger charge is -2.21. The van der Waals surface area contributed by atoms with E-state index in [-0.39, 0.29) is 5.91 Å². The summed E-state index contributed by atoms with van der Waals surface area (Å²) in [6.45, 7) is 8.03.